The van der Waals surface area contributed by atoms with Crippen molar-refractivity contribution in [3.05, 3.63) is 24.3 Å². The maximum absolute atomic E-state index is 12.8. The topological polar surface area (TPSA) is 80.2 Å². The molecule has 7 nitrogen and oxygen atoms in total. The molecule has 0 aromatic heterocycles. The van der Waals surface area contributed by atoms with Gasteiger partial charge < -0.3 is 15.0 Å². The quantitative estimate of drug-likeness (QED) is 0.766. The fraction of sp³-hybridized carbons (Fsp3) is 0.588. The number of nitrogens with zero attached hydrogens (tertiary/aromatic N) is 1. The SMILES string of the molecule is CC(=O)Nc1ccc(S(=O)(=O)N2CCC([NH+]3CCOCC3)CC2)cc1. The van der Waals surface area contributed by atoms with Crippen molar-refractivity contribution in [3.8, 4) is 0 Å². The van der Waals surface area contributed by atoms with Crippen molar-refractivity contribution in [1.82, 2.24) is 4.31 Å². The largest absolute Gasteiger partial charge is 0.370 e. The van der Waals surface area contributed by atoms with E-state index in [4.69, 9.17) is 4.74 Å². The first-order valence-electron chi connectivity index (χ1n) is 8.77. The van der Waals surface area contributed by atoms with Gasteiger partial charge in [0.25, 0.3) is 0 Å². The smallest absolute Gasteiger partial charge is 0.243 e. The van der Waals surface area contributed by atoms with Crippen LogP contribution in [-0.4, -0.2) is 64.1 Å². The van der Waals surface area contributed by atoms with Crippen molar-refractivity contribution >= 4 is 21.6 Å². The van der Waals surface area contributed by atoms with Crippen LogP contribution < -0.4 is 10.2 Å². The number of quaternary nitrogens is 1. The van der Waals surface area contributed by atoms with Gasteiger partial charge in [-0.3, -0.25) is 4.79 Å². The molecule has 2 fully saturated rings. The van der Waals surface area contributed by atoms with Gasteiger partial charge in [0.15, 0.2) is 0 Å². The third-order valence-corrected chi connectivity index (χ3v) is 6.89. The Bertz CT molecular complexity index is 691. The molecule has 0 radical (unpaired) electrons. The highest BCUT2D eigenvalue weighted by Gasteiger charge is 2.34. The van der Waals surface area contributed by atoms with Gasteiger partial charge >= 0.3 is 0 Å². The van der Waals surface area contributed by atoms with Gasteiger partial charge in [0.2, 0.25) is 15.9 Å². The van der Waals surface area contributed by atoms with Crippen molar-refractivity contribution in [2.24, 2.45) is 0 Å². The highest BCUT2D eigenvalue weighted by Crippen LogP contribution is 2.21. The molecule has 0 atom stereocenters. The Balaban J connectivity index is 1.62. The molecule has 0 saturated carbocycles. The fourth-order valence-electron chi connectivity index (χ4n) is 3.61. The number of piperidine rings is 1. The summed E-state index contributed by atoms with van der Waals surface area (Å²) in [6.07, 6.45) is 1.77. The number of sulfonamides is 1. The van der Waals surface area contributed by atoms with E-state index in [-0.39, 0.29) is 10.8 Å². The van der Waals surface area contributed by atoms with E-state index in [1.807, 2.05) is 0 Å². The number of carbonyl (C=O) groups is 1. The van der Waals surface area contributed by atoms with Crippen LogP contribution >= 0.6 is 0 Å². The van der Waals surface area contributed by atoms with Gasteiger partial charge in [-0.15, -0.1) is 0 Å². The second-order valence-electron chi connectivity index (χ2n) is 6.65. The monoisotopic (exact) mass is 368 g/mol. The van der Waals surface area contributed by atoms with Gasteiger partial charge in [-0.1, -0.05) is 0 Å². The van der Waals surface area contributed by atoms with E-state index in [9.17, 15) is 13.2 Å². The first-order valence-corrected chi connectivity index (χ1v) is 10.2. The number of carbonyl (C=O) groups excluding carboxylic acids is 1. The zero-order valence-corrected chi connectivity index (χ0v) is 15.3. The molecule has 1 aromatic rings. The molecule has 3 rings (SSSR count). The lowest BCUT2D eigenvalue weighted by Crippen LogP contribution is -3.18. The van der Waals surface area contributed by atoms with E-state index in [1.54, 1.807) is 33.5 Å². The van der Waals surface area contributed by atoms with Crippen molar-refractivity contribution in [2.75, 3.05) is 44.7 Å². The Morgan fingerprint density at radius 3 is 2.32 bits per heavy atom. The molecule has 0 spiro atoms. The minimum atomic E-state index is -3.47. The van der Waals surface area contributed by atoms with E-state index >= 15 is 0 Å². The summed E-state index contributed by atoms with van der Waals surface area (Å²) in [6, 6.07) is 6.88. The third kappa shape index (κ3) is 4.38. The summed E-state index contributed by atoms with van der Waals surface area (Å²) in [5, 5.41) is 2.64. The molecule has 1 amide bonds. The lowest BCUT2D eigenvalue weighted by molar-refractivity contribution is -0.934. The summed E-state index contributed by atoms with van der Waals surface area (Å²) in [7, 11) is -3.47. The normalized spacial score (nSPS) is 21.2. The van der Waals surface area contributed by atoms with Crippen molar-refractivity contribution in [2.45, 2.75) is 30.7 Å². The van der Waals surface area contributed by atoms with Gasteiger partial charge in [0.1, 0.15) is 13.1 Å². The van der Waals surface area contributed by atoms with Crippen LogP contribution in [0.15, 0.2) is 29.2 Å². The minimum Gasteiger partial charge on any atom is -0.370 e. The van der Waals surface area contributed by atoms with Gasteiger partial charge in [-0.2, -0.15) is 4.31 Å². The van der Waals surface area contributed by atoms with Crippen LogP contribution in [-0.2, 0) is 19.6 Å². The first-order chi connectivity index (χ1) is 12.0. The van der Waals surface area contributed by atoms with E-state index in [1.165, 1.54) is 6.92 Å². The Hall–Kier alpha value is -1.48. The standard InChI is InChI=1S/C17H25N3O4S/c1-14(21)18-15-2-4-17(5-3-15)25(22,23)20-8-6-16(7-9-20)19-10-12-24-13-11-19/h2-5,16H,6-13H2,1H3,(H,18,21)/p+1. The minimum absolute atomic E-state index is 0.178. The molecular weight excluding hydrogens is 342 g/mol. The summed E-state index contributed by atoms with van der Waals surface area (Å²) in [4.78, 5) is 12.9. The number of anilines is 1. The lowest BCUT2D eigenvalue weighted by atomic mass is 10.0. The number of amides is 1. The molecule has 2 saturated heterocycles. The molecule has 0 bridgehead atoms. The van der Waals surface area contributed by atoms with Gasteiger partial charge in [-0.25, -0.2) is 8.42 Å². The molecule has 0 unspecified atom stereocenters. The lowest BCUT2D eigenvalue weighted by Gasteiger charge is -2.37. The Morgan fingerprint density at radius 2 is 1.76 bits per heavy atom. The molecule has 0 aliphatic carbocycles. The number of morpholine rings is 1. The van der Waals surface area contributed by atoms with Crippen LogP contribution in [0, 0.1) is 0 Å². The number of ether oxygens (including phenoxy) is 1. The average Bonchev–Trinajstić information content (AvgIpc) is 2.62. The Kier molecular flexibility index (Phi) is 5.73. The summed E-state index contributed by atoms with van der Waals surface area (Å²) < 4.78 is 32.6. The maximum atomic E-state index is 12.8. The van der Waals surface area contributed by atoms with E-state index in [0.29, 0.717) is 24.8 Å². The zero-order valence-electron chi connectivity index (χ0n) is 14.5. The van der Waals surface area contributed by atoms with Crippen LogP contribution in [0.2, 0.25) is 0 Å². The van der Waals surface area contributed by atoms with Crippen LogP contribution in [0.3, 0.4) is 0 Å². The molecule has 8 heteroatoms. The summed E-state index contributed by atoms with van der Waals surface area (Å²) >= 11 is 0. The Morgan fingerprint density at radius 1 is 1.16 bits per heavy atom. The average molecular weight is 368 g/mol. The predicted molar refractivity (Wildman–Crippen MR) is 94.0 cm³/mol. The number of hydrogen-bond acceptors (Lipinski definition) is 4. The number of benzene rings is 1. The molecule has 138 valence electrons. The molecule has 2 heterocycles. The zero-order chi connectivity index (χ0) is 17.9. The van der Waals surface area contributed by atoms with Crippen molar-refractivity contribution < 1.29 is 22.8 Å². The summed E-state index contributed by atoms with van der Waals surface area (Å²) in [5.74, 6) is -0.178. The maximum Gasteiger partial charge on any atom is 0.243 e. The second kappa shape index (κ2) is 7.82. The molecule has 2 aliphatic rings. The van der Waals surface area contributed by atoms with E-state index in [0.717, 1.165) is 39.1 Å². The highest BCUT2D eigenvalue weighted by atomic mass is 32.2. The number of rotatable bonds is 4. The highest BCUT2D eigenvalue weighted by molar-refractivity contribution is 7.89. The third-order valence-electron chi connectivity index (χ3n) is 4.98. The van der Waals surface area contributed by atoms with Crippen LogP contribution in [0.5, 0.6) is 0 Å². The molecule has 25 heavy (non-hydrogen) atoms. The van der Waals surface area contributed by atoms with Crippen molar-refractivity contribution in [3.63, 3.8) is 0 Å². The van der Waals surface area contributed by atoms with Crippen molar-refractivity contribution in [1.29, 1.82) is 0 Å². The molecule has 1 aromatic carbocycles. The molecule has 2 N–H and O–H groups in total. The van der Waals surface area contributed by atoms with Gasteiger partial charge in [-0.05, 0) is 24.3 Å². The van der Waals surface area contributed by atoms with E-state index < -0.39 is 10.0 Å². The first kappa shape index (κ1) is 18.3. The fourth-order valence-corrected chi connectivity index (χ4v) is 5.08. The molecule has 2 aliphatic heterocycles. The second-order valence-corrected chi connectivity index (χ2v) is 8.59. The van der Waals surface area contributed by atoms with Gasteiger partial charge in [0.05, 0.1) is 24.2 Å². The Labute approximate surface area is 149 Å². The molecular formula is C17H26N3O4S+. The van der Waals surface area contributed by atoms with Crippen LogP contribution in [0.25, 0.3) is 0 Å². The van der Waals surface area contributed by atoms with Crippen LogP contribution in [0.4, 0.5) is 5.69 Å². The summed E-state index contributed by atoms with van der Waals surface area (Å²) in [5.41, 5.74) is 0.598. The van der Waals surface area contributed by atoms with Gasteiger partial charge in [0, 0.05) is 38.5 Å². The summed E-state index contributed by atoms with van der Waals surface area (Å²) in [6.45, 7) is 6.17. The number of hydrogen-bond donors (Lipinski definition) is 2. The predicted octanol–water partition coefficient (Wildman–Crippen LogP) is -0.287. The van der Waals surface area contributed by atoms with E-state index in [2.05, 4.69) is 5.32 Å². The van der Waals surface area contributed by atoms with Crippen LogP contribution in [0.1, 0.15) is 19.8 Å². The number of nitrogens with one attached hydrogen (secondary N) is 2.